The zero-order chi connectivity index (χ0) is 81.8. The third-order valence-electron chi connectivity index (χ3n) is 19.3. The first kappa shape index (κ1) is 92.7. The van der Waals surface area contributed by atoms with E-state index in [-0.39, 0.29) is 94.4 Å². The van der Waals surface area contributed by atoms with E-state index >= 15 is 0 Å². The number of rotatable bonds is 45. The summed E-state index contributed by atoms with van der Waals surface area (Å²) < 4.78 is 58.9. The highest BCUT2D eigenvalue weighted by atomic mass is 35.5. The molecule has 1 saturated heterocycles. The van der Waals surface area contributed by atoms with Crippen LogP contribution in [0.4, 0.5) is 16.2 Å². The molecule has 1 aromatic heterocycles. The maximum Gasteiger partial charge on any atom is 0.409 e. The monoisotopic (exact) mass is 1590 g/mol. The summed E-state index contributed by atoms with van der Waals surface area (Å²) in [7, 11) is 8.35. The zero-order valence-electron chi connectivity index (χ0n) is 66.9. The van der Waals surface area contributed by atoms with Crippen LogP contribution in [0.25, 0.3) is 10.9 Å². The largest absolute Gasteiger partial charge is 0.495 e. The second kappa shape index (κ2) is 48.2. The van der Waals surface area contributed by atoms with Gasteiger partial charge in [-0.05, 0) is 120 Å². The van der Waals surface area contributed by atoms with Crippen LogP contribution in [0.15, 0.2) is 90.5 Å². The van der Waals surface area contributed by atoms with E-state index in [1.54, 1.807) is 98.2 Å². The van der Waals surface area contributed by atoms with Crippen molar-refractivity contribution in [3.8, 4) is 5.75 Å². The number of allylic oxidation sites excluding steroid dienone is 3. The van der Waals surface area contributed by atoms with E-state index < -0.39 is 83.3 Å². The molecule has 6 rings (SSSR count). The number of nitrogens with zero attached hydrogens (tertiary/aromatic N) is 4. The molecule has 0 spiro atoms. The highest BCUT2D eigenvalue weighted by Crippen LogP contribution is 2.48. The smallest absolute Gasteiger partial charge is 0.409 e. The molecule has 10 N–H and O–H groups in total. The number of esters is 1. The number of methoxy groups -OCH3 is 1. The molecule has 1 fully saturated rings. The number of nitrogens with two attached hydrogens (primary N) is 1. The summed E-state index contributed by atoms with van der Waals surface area (Å²) >= 11 is 6.82. The third-order valence-corrected chi connectivity index (χ3v) is 19.7. The van der Waals surface area contributed by atoms with Gasteiger partial charge >= 0.3 is 12.1 Å². The minimum absolute atomic E-state index is 0.00125. The summed E-state index contributed by atoms with van der Waals surface area (Å²) in [6.07, 6.45) is 3.48. The summed E-state index contributed by atoms with van der Waals surface area (Å²) in [4.78, 5) is 110. The highest BCUT2D eigenvalue weighted by Gasteiger charge is 2.63. The predicted molar refractivity (Wildman–Crippen MR) is 423 cm³/mol. The van der Waals surface area contributed by atoms with Crippen molar-refractivity contribution in [3.63, 3.8) is 0 Å². The van der Waals surface area contributed by atoms with Crippen LogP contribution in [0, 0.1) is 11.8 Å². The number of halogens is 1. The van der Waals surface area contributed by atoms with Gasteiger partial charge in [-0.15, -0.1) is 0 Å². The molecule has 622 valence electrons. The number of carbonyl (C=O) groups is 8. The number of benzene rings is 3. The number of fused-ring (bicyclic) bond motifs is 4. The lowest BCUT2D eigenvalue weighted by molar-refractivity contribution is -0.159. The number of anilines is 2. The van der Waals surface area contributed by atoms with E-state index in [1.165, 1.54) is 16.9 Å². The number of amides is 7. The Morgan fingerprint density at radius 2 is 1.41 bits per heavy atom. The number of nitrogens with one attached hydrogen (secondary N) is 6. The molecule has 0 radical (unpaired) electrons. The average molecular weight is 1590 g/mol. The van der Waals surface area contributed by atoms with Gasteiger partial charge in [0.1, 0.15) is 46.9 Å². The number of aromatic nitrogens is 1. The molecule has 0 aliphatic carbocycles. The Kier molecular flexibility index (Phi) is 39.9. The first-order chi connectivity index (χ1) is 53.5. The molecular formula is C80H120ClN11O20. The Labute approximate surface area is 662 Å². The molecule has 3 aromatic carbocycles. The first-order valence-electron chi connectivity index (χ1n) is 38.3. The first-order valence-corrected chi connectivity index (χ1v) is 38.7. The normalized spacial score (nSPS) is 19.3. The maximum atomic E-state index is 14.3. The number of likely N-dealkylation sites (N-methyl/N-ethyl adjacent to an activating group) is 1. The summed E-state index contributed by atoms with van der Waals surface area (Å²) in [5.41, 5.74) is 8.76. The van der Waals surface area contributed by atoms with Gasteiger partial charge in [0, 0.05) is 88.8 Å². The van der Waals surface area contributed by atoms with Crippen LogP contribution in [0.5, 0.6) is 5.75 Å². The van der Waals surface area contributed by atoms with Gasteiger partial charge in [0.05, 0.1) is 124 Å². The van der Waals surface area contributed by atoms with Crippen LogP contribution in [0.3, 0.4) is 0 Å². The van der Waals surface area contributed by atoms with Gasteiger partial charge in [-0.1, -0.05) is 86.5 Å². The fourth-order valence-electron chi connectivity index (χ4n) is 12.4. The number of para-hydroxylation sites is 1. The fourth-order valence-corrected chi connectivity index (χ4v) is 12.7. The second-order valence-corrected chi connectivity index (χ2v) is 29.1. The number of aliphatic hydroxyl groups is 2. The van der Waals surface area contributed by atoms with Gasteiger partial charge in [0.2, 0.25) is 35.4 Å². The minimum Gasteiger partial charge on any atom is -0.495 e. The Morgan fingerprint density at radius 1 is 0.786 bits per heavy atom. The third kappa shape index (κ3) is 31.7. The lowest BCUT2D eigenvalue weighted by Gasteiger charge is -2.30. The van der Waals surface area contributed by atoms with Crippen LogP contribution >= 0.6 is 11.6 Å². The van der Waals surface area contributed by atoms with Crippen LogP contribution in [-0.2, 0) is 102 Å². The standard InChI is InChI=1S/C80H120ClN11O20/c1-54(2)74(88-69(95)26-32-104-34-36-106-38-40-108-42-43-109-41-39-107-37-35-105-33-28-84-70(96)51-85-68(94)25-31-92-62(50-83-7)47-60-19-12-13-20-63(60)92)76(99)86-52-71(97)87-61-23-21-58(22-24-61)53-110-78(101)90(9)30-17-16-29-89(8)57(5)77(100)111-67-48-72(98)91(10)64-45-59(46-66(103-11)73(64)81)44-55(3)18-14-15-27-80(82,102)49-65(93)56(4)75-79(67,6)112-75/h12-15,18-24,45-47,54,56-57,65,67,74-75,83,93,102H,16-17,25-44,48-53,82H2,1-11H3,(H,84,96)(H,85,94)(H,86,99)(H,87,97)(H,88,95). The van der Waals surface area contributed by atoms with Crippen molar-refractivity contribution in [2.24, 2.45) is 17.6 Å². The molecule has 112 heavy (non-hydrogen) atoms. The molecule has 8 atom stereocenters. The summed E-state index contributed by atoms with van der Waals surface area (Å²) in [5, 5.41) is 40.4. The van der Waals surface area contributed by atoms with E-state index in [0.29, 0.717) is 134 Å². The van der Waals surface area contributed by atoms with Crippen molar-refractivity contribution < 1.29 is 95.9 Å². The molecule has 8 unspecified atom stereocenters. The molecule has 2 aliphatic rings. The summed E-state index contributed by atoms with van der Waals surface area (Å²) in [5.74, 6) is -3.45. The molecule has 32 heteroatoms. The topological polar surface area (TPSA) is 385 Å². The minimum atomic E-state index is -1.74. The fraction of sp³-hybridized carbons (Fsp3) is 0.600. The summed E-state index contributed by atoms with van der Waals surface area (Å²) in [6.45, 7) is 16.3. The number of hydrogen-bond acceptors (Lipinski definition) is 23. The molecular weight excluding hydrogens is 1470 g/mol. The van der Waals surface area contributed by atoms with Gasteiger partial charge in [0.15, 0.2) is 0 Å². The SMILES string of the molecule is CNCc1cc2ccccc2n1CCC(=O)NCC(=O)NCCOCCOCCOCCOCCOCCOCCC(=O)NC(C(=O)NCC(=O)Nc1ccc(COC(=O)N(C)CCCCN(C)C(C)C(=O)OC2CC(=O)N(C)c3cc(cc(OC)c3Cl)CC(C)=CC=CCC(N)(O)CC(O)C(C)C3OC23C)cc1)C(C)C. The Bertz CT molecular complexity index is 3710. The quantitative estimate of drug-likeness (QED) is 0.0117. The van der Waals surface area contributed by atoms with Crippen molar-refractivity contribution in [1.29, 1.82) is 0 Å². The van der Waals surface area contributed by atoms with Gasteiger partial charge in [0.25, 0.3) is 0 Å². The highest BCUT2D eigenvalue weighted by molar-refractivity contribution is 6.35. The molecule has 7 amide bonds. The molecule has 2 aliphatic heterocycles. The lowest BCUT2D eigenvalue weighted by Crippen LogP contribution is -2.51. The van der Waals surface area contributed by atoms with E-state index in [1.807, 2.05) is 55.3 Å². The molecule has 3 heterocycles. The van der Waals surface area contributed by atoms with Gasteiger partial charge < -0.3 is 110 Å². The molecule has 0 saturated carbocycles. The number of epoxide rings is 1. The lowest BCUT2D eigenvalue weighted by atomic mass is 9.85. The van der Waals surface area contributed by atoms with Crippen molar-refractivity contribution in [2.75, 3.05) is 158 Å². The Morgan fingerprint density at radius 3 is 2.05 bits per heavy atom. The van der Waals surface area contributed by atoms with Crippen LogP contribution in [-0.4, -0.2) is 261 Å². The van der Waals surface area contributed by atoms with E-state index in [0.717, 1.165) is 27.7 Å². The van der Waals surface area contributed by atoms with Crippen molar-refractivity contribution >= 4 is 81.4 Å². The van der Waals surface area contributed by atoms with Crippen LogP contribution in [0.2, 0.25) is 5.02 Å². The van der Waals surface area contributed by atoms with Crippen molar-refractivity contribution in [1.82, 2.24) is 41.0 Å². The number of unbranched alkanes of at least 4 members (excludes halogenated alkanes) is 1. The van der Waals surface area contributed by atoms with E-state index in [4.69, 9.17) is 64.7 Å². The number of hydrogen-bond donors (Lipinski definition) is 9. The number of ether oxygens (including phenoxy) is 10. The molecule has 2 bridgehead atoms. The van der Waals surface area contributed by atoms with Crippen molar-refractivity contribution in [2.45, 2.75) is 154 Å². The van der Waals surface area contributed by atoms with Gasteiger partial charge in [-0.2, -0.15) is 0 Å². The van der Waals surface area contributed by atoms with Gasteiger partial charge in [-0.3, -0.25) is 38.5 Å². The number of aliphatic hydroxyl groups excluding tert-OH is 1. The number of carbonyl (C=O) groups excluding carboxylic acids is 8. The van der Waals surface area contributed by atoms with E-state index in [2.05, 4.69) is 42.5 Å². The van der Waals surface area contributed by atoms with Gasteiger partial charge in [-0.25, -0.2) is 4.79 Å². The average Bonchev–Trinajstić information content (AvgIpc) is 1.57. The maximum absolute atomic E-state index is 14.3. The van der Waals surface area contributed by atoms with Crippen LogP contribution < -0.4 is 47.3 Å². The molecule has 31 nitrogen and oxygen atoms in total. The zero-order valence-corrected chi connectivity index (χ0v) is 67.7. The predicted octanol–water partition coefficient (Wildman–Crippen LogP) is 5.30. The second-order valence-electron chi connectivity index (χ2n) is 28.8. The van der Waals surface area contributed by atoms with Crippen LogP contribution in [0.1, 0.15) is 103 Å². The molecule has 4 aromatic rings. The summed E-state index contributed by atoms with van der Waals surface area (Å²) in [6, 6.07) is 18.7. The van der Waals surface area contributed by atoms with Crippen molar-refractivity contribution in [3.05, 3.63) is 112 Å². The Balaban J connectivity index is 0.760. The van der Waals surface area contributed by atoms with E-state index in [9.17, 15) is 48.6 Å². The Hall–Kier alpha value is -8.15. The number of aryl methyl sites for hydroxylation is 1.